The Morgan fingerprint density at radius 1 is 1.24 bits per heavy atom. The quantitative estimate of drug-likeness (QED) is 0.873. The van der Waals surface area contributed by atoms with Crippen molar-refractivity contribution in [1.29, 1.82) is 0 Å². The molecule has 1 aliphatic carbocycles. The average Bonchev–Trinajstić information content (AvgIpc) is 3.23. The summed E-state index contributed by atoms with van der Waals surface area (Å²) in [7, 11) is 0. The molecule has 0 spiro atoms. The topological polar surface area (TPSA) is 34.2 Å². The summed E-state index contributed by atoms with van der Waals surface area (Å²) in [6.45, 7) is 0.464. The molecule has 6 heteroatoms. The molecule has 1 saturated carbocycles. The van der Waals surface area contributed by atoms with Crippen LogP contribution in [0.15, 0.2) is 30.5 Å². The van der Waals surface area contributed by atoms with E-state index < -0.39 is 5.82 Å². The van der Waals surface area contributed by atoms with Gasteiger partial charge in [-0.25, -0.2) is 9.37 Å². The Labute approximate surface area is 132 Å². The van der Waals surface area contributed by atoms with Gasteiger partial charge in [0.2, 0.25) is 0 Å². The molecule has 0 bridgehead atoms. The van der Waals surface area contributed by atoms with Crippen molar-refractivity contribution in [3.63, 3.8) is 0 Å². The Morgan fingerprint density at radius 3 is 2.62 bits per heavy atom. The lowest BCUT2D eigenvalue weighted by Gasteiger charge is -2.10. The Kier molecular flexibility index (Phi) is 4.29. The Bertz CT molecular complexity index is 642. The van der Waals surface area contributed by atoms with Gasteiger partial charge in [0.15, 0.2) is 5.82 Å². The molecule has 1 aliphatic rings. The maximum atomic E-state index is 14.3. The van der Waals surface area contributed by atoms with Gasteiger partial charge in [-0.1, -0.05) is 23.2 Å². The molecule has 0 radical (unpaired) electrons. The molecule has 0 aliphatic heterocycles. The van der Waals surface area contributed by atoms with Crippen LogP contribution in [0.25, 0.3) is 0 Å². The van der Waals surface area contributed by atoms with E-state index >= 15 is 0 Å². The predicted octanol–water partition coefficient (Wildman–Crippen LogP) is 4.57. The van der Waals surface area contributed by atoms with E-state index in [2.05, 4.69) is 10.3 Å². The average molecular weight is 327 g/mol. The first-order chi connectivity index (χ1) is 10.1. The highest BCUT2D eigenvalue weighted by Crippen LogP contribution is 2.29. The van der Waals surface area contributed by atoms with E-state index in [0.717, 1.165) is 12.8 Å². The maximum Gasteiger partial charge on any atom is 0.256 e. The number of halogens is 3. The molecule has 21 heavy (non-hydrogen) atoms. The normalized spacial score (nSPS) is 14.2. The minimum absolute atomic E-state index is 0.0802. The summed E-state index contributed by atoms with van der Waals surface area (Å²) in [6.07, 6.45) is 3.82. The number of nitrogens with zero attached hydrogens (tertiary/aromatic N) is 1. The van der Waals surface area contributed by atoms with Gasteiger partial charge in [-0.15, -0.1) is 0 Å². The summed E-state index contributed by atoms with van der Waals surface area (Å²) in [6, 6.07) is 6.85. The van der Waals surface area contributed by atoms with Crippen molar-refractivity contribution in [2.75, 3.05) is 0 Å². The molecular formula is C15H13Cl2FN2O. The highest BCUT2D eigenvalue weighted by Gasteiger charge is 2.21. The van der Waals surface area contributed by atoms with Gasteiger partial charge in [0, 0.05) is 34.4 Å². The van der Waals surface area contributed by atoms with Crippen molar-refractivity contribution >= 4 is 23.2 Å². The molecule has 1 heterocycles. The third kappa shape index (κ3) is 3.84. The second-order valence-electron chi connectivity index (χ2n) is 4.95. The monoisotopic (exact) mass is 326 g/mol. The number of ether oxygens (including phenoxy) is 1. The number of aromatic nitrogens is 1. The van der Waals surface area contributed by atoms with Gasteiger partial charge >= 0.3 is 0 Å². The van der Waals surface area contributed by atoms with Crippen LogP contribution >= 0.6 is 23.2 Å². The third-order valence-corrected chi connectivity index (χ3v) is 3.58. The van der Waals surface area contributed by atoms with Crippen LogP contribution in [0.5, 0.6) is 11.6 Å². The SMILES string of the molecule is Fc1c(CNC2CC2)ccnc1Oc1cc(Cl)cc(Cl)c1. The number of rotatable bonds is 5. The Hall–Kier alpha value is -1.36. The molecule has 0 saturated heterocycles. The van der Waals surface area contributed by atoms with Crippen molar-refractivity contribution in [3.8, 4) is 11.6 Å². The highest BCUT2D eigenvalue weighted by atomic mass is 35.5. The number of nitrogens with one attached hydrogen (secondary N) is 1. The molecule has 1 aromatic carbocycles. The molecule has 110 valence electrons. The molecule has 0 unspecified atom stereocenters. The number of benzene rings is 1. The lowest BCUT2D eigenvalue weighted by molar-refractivity contribution is 0.417. The third-order valence-electron chi connectivity index (χ3n) is 3.15. The van der Waals surface area contributed by atoms with Crippen LogP contribution in [-0.2, 0) is 6.54 Å². The first kappa shape index (κ1) is 14.6. The van der Waals surface area contributed by atoms with Crippen molar-refractivity contribution in [3.05, 3.63) is 51.9 Å². The van der Waals surface area contributed by atoms with E-state index in [1.54, 1.807) is 24.3 Å². The Balaban J connectivity index is 1.79. The van der Waals surface area contributed by atoms with Crippen LogP contribution in [0.1, 0.15) is 18.4 Å². The van der Waals surface area contributed by atoms with E-state index in [4.69, 9.17) is 27.9 Å². The fourth-order valence-electron chi connectivity index (χ4n) is 1.91. The summed E-state index contributed by atoms with van der Waals surface area (Å²) >= 11 is 11.8. The molecule has 1 aromatic heterocycles. The summed E-state index contributed by atoms with van der Waals surface area (Å²) in [5, 5.41) is 4.10. The Morgan fingerprint density at radius 2 is 1.95 bits per heavy atom. The molecular weight excluding hydrogens is 314 g/mol. The summed E-state index contributed by atoms with van der Waals surface area (Å²) < 4.78 is 19.8. The van der Waals surface area contributed by atoms with E-state index in [1.165, 1.54) is 6.20 Å². The van der Waals surface area contributed by atoms with Crippen molar-refractivity contribution in [1.82, 2.24) is 10.3 Å². The van der Waals surface area contributed by atoms with Crippen molar-refractivity contribution in [2.45, 2.75) is 25.4 Å². The first-order valence-electron chi connectivity index (χ1n) is 6.62. The lowest BCUT2D eigenvalue weighted by Crippen LogP contribution is -2.16. The molecule has 3 nitrogen and oxygen atoms in total. The summed E-state index contributed by atoms with van der Waals surface area (Å²) in [5.41, 5.74) is 0.528. The van der Waals surface area contributed by atoms with Gasteiger partial charge < -0.3 is 10.1 Å². The maximum absolute atomic E-state index is 14.3. The molecule has 1 fully saturated rings. The van der Waals surface area contributed by atoms with Crippen LogP contribution in [0.2, 0.25) is 10.0 Å². The molecule has 2 aromatic rings. The number of pyridine rings is 1. The minimum Gasteiger partial charge on any atom is -0.436 e. The van der Waals surface area contributed by atoms with Crippen molar-refractivity contribution < 1.29 is 9.13 Å². The van der Waals surface area contributed by atoms with Gasteiger partial charge in [-0.05, 0) is 37.1 Å². The summed E-state index contributed by atoms with van der Waals surface area (Å²) in [4.78, 5) is 3.93. The standard InChI is InChI=1S/C15H13Cl2FN2O/c16-10-5-11(17)7-13(6-10)21-15-14(18)9(3-4-19-15)8-20-12-1-2-12/h3-7,12,20H,1-2,8H2. The van der Waals surface area contributed by atoms with E-state index in [-0.39, 0.29) is 5.88 Å². The second kappa shape index (κ2) is 6.18. The predicted molar refractivity (Wildman–Crippen MR) is 80.6 cm³/mol. The molecule has 0 atom stereocenters. The minimum atomic E-state index is -0.471. The van der Waals surface area contributed by atoms with Crippen LogP contribution in [0.3, 0.4) is 0 Å². The van der Waals surface area contributed by atoms with Crippen LogP contribution in [0, 0.1) is 5.82 Å². The number of hydrogen-bond acceptors (Lipinski definition) is 3. The fraction of sp³-hybridized carbons (Fsp3) is 0.267. The van der Waals surface area contributed by atoms with Gasteiger partial charge in [-0.3, -0.25) is 0 Å². The zero-order chi connectivity index (χ0) is 14.8. The van der Waals surface area contributed by atoms with Crippen LogP contribution in [0.4, 0.5) is 4.39 Å². The van der Waals surface area contributed by atoms with E-state index in [0.29, 0.717) is 33.9 Å². The van der Waals surface area contributed by atoms with Crippen LogP contribution < -0.4 is 10.1 Å². The second-order valence-corrected chi connectivity index (χ2v) is 5.82. The molecule has 1 N–H and O–H groups in total. The zero-order valence-electron chi connectivity index (χ0n) is 11.1. The fourth-order valence-corrected chi connectivity index (χ4v) is 2.42. The van der Waals surface area contributed by atoms with Crippen molar-refractivity contribution in [2.24, 2.45) is 0 Å². The van der Waals surface area contributed by atoms with Gasteiger partial charge in [0.05, 0.1) is 0 Å². The smallest absolute Gasteiger partial charge is 0.256 e. The highest BCUT2D eigenvalue weighted by molar-refractivity contribution is 6.34. The van der Waals surface area contributed by atoms with Gasteiger partial charge in [0.1, 0.15) is 5.75 Å². The first-order valence-corrected chi connectivity index (χ1v) is 7.38. The number of hydrogen-bond donors (Lipinski definition) is 1. The van der Waals surface area contributed by atoms with E-state index in [9.17, 15) is 4.39 Å². The lowest BCUT2D eigenvalue weighted by atomic mass is 10.2. The largest absolute Gasteiger partial charge is 0.436 e. The summed E-state index contributed by atoms with van der Waals surface area (Å²) in [5.74, 6) is -0.198. The van der Waals surface area contributed by atoms with Crippen LogP contribution in [-0.4, -0.2) is 11.0 Å². The molecule has 0 amide bonds. The van der Waals surface area contributed by atoms with E-state index in [1.807, 2.05) is 0 Å². The van der Waals surface area contributed by atoms with Gasteiger partial charge in [0.25, 0.3) is 5.88 Å². The zero-order valence-corrected chi connectivity index (χ0v) is 12.6. The van der Waals surface area contributed by atoms with Gasteiger partial charge in [-0.2, -0.15) is 0 Å². The molecule has 3 rings (SSSR count).